The third kappa shape index (κ3) is 6.40. The summed E-state index contributed by atoms with van der Waals surface area (Å²) in [4.78, 5) is 22.6. The number of rotatable bonds is 8. The summed E-state index contributed by atoms with van der Waals surface area (Å²) in [5.74, 6) is -1.48. The first kappa shape index (κ1) is 17.2. The molecule has 1 unspecified atom stereocenters. The van der Waals surface area contributed by atoms with E-state index in [0.717, 1.165) is 0 Å². The maximum absolute atomic E-state index is 11.7. The largest absolute Gasteiger partial charge is 0.481 e. The van der Waals surface area contributed by atoms with Gasteiger partial charge in [0.15, 0.2) is 0 Å². The van der Waals surface area contributed by atoms with Crippen LogP contribution in [0.2, 0.25) is 0 Å². The molecule has 0 aliphatic carbocycles. The van der Waals surface area contributed by atoms with E-state index in [2.05, 4.69) is 5.32 Å². The van der Waals surface area contributed by atoms with E-state index < -0.39 is 11.9 Å². The highest BCUT2D eigenvalue weighted by atomic mass is 16.5. The van der Waals surface area contributed by atoms with Gasteiger partial charge in [0.2, 0.25) is 5.91 Å². The predicted molar refractivity (Wildman–Crippen MR) is 81.4 cm³/mol. The van der Waals surface area contributed by atoms with Gasteiger partial charge in [-0.1, -0.05) is 12.1 Å². The highest BCUT2D eigenvalue weighted by molar-refractivity contribution is 5.90. The van der Waals surface area contributed by atoms with E-state index in [9.17, 15) is 9.59 Å². The van der Waals surface area contributed by atoms with Crippen LogP contribution in [0, 0.1) is 0 Å². The molecule has 5 nitrogen and oxygen atoms in total. The zero-order chi connectivity index (χ0) is 15.8. The van der Waals surface area contributed by atoms with E-state index in [1.165, 1.54) is 0 Å². The monoisotopic (exact) mass is 293 g/mol. The number of amides is 1. The molecule has 1 aromatic rings. The summed E-state index contributed by atoms with van der Waals surface area (Å²) < 4.78 is 5.37. The van der Waals surface area contributed by atoms with Crippen molar-refractivity contribution < 1.29 is 19.4 Å². The number of ether oxygens (including phenoxy) is 1. The van der Waals surface area contributed by atoms with Gasteiger partial charge in [-0.15, -0.1) is 0 Å². The average molecular weight is 293 g/mol. The number of aliphatic carboxylic acids is 1. The Bertz CT molecular complexity index is 468. The highest BCUT2D eigenvalue weighted by Crippen LogP contribution is 2.18. The van der Waals surface area contributed by atoms with Gasteiger partial charge in [-0.3, -0.25) is 9.59 Å². The first-order valence-corrected chi connectivity index (χ1v) is 7.14. The van der Waals surface area contributed by atoms with Crippen LogP contribution in [-0.4, -0.2) is 29.7 Å². The fourth-order valence-electron chi connectivity index (χ4n) is 1.77. The van der Waals surface area contributed by atoms with Crippen molar-refractivity contribution in [1.82, 2.24) is 0 Å². The van der Waals surface area contributed by atoms with Gasteiger partial charge in [-0.25, -0.2) is 0 Å². The molecule has 1 rings (SSSR count). The molecule has 0 heterocycles. The number of carboxylic acids is 1. The lowest BCUT2D eigenvalue weighted by Crippen LogP contribution is -2.13. The molecule has 0 aromatic heterocycles. The molecule has 5 heteroatoms. The lowest BCUT2D eigenvalue weighted by molar-refractivity contribution is -0.138. The van der Waals surface area contributed by atoms with Crippen LogP contribution in [0.1, 0.15) is 45.1 Å². The van der Waals surface area contributed by atoms with Crippen LogP contribution in [0.5, 0.6) is 0 Å². The molecule has 0 radical (unpaired) electrons. The Hall–Kier alpha value is -1.88. The SMILES string of the molecule is CC(C)OCCCC(=O)Nc1ccc(C(C)C(=O)O)cc1. The van der Waals surface area contributed by atoms with Crippen molar-refractivity contribution >= 4 is 17.6 Å². The Morgan fingerprint density at radius 1 is 1.19 bits per heavy atom. The van der Waals surface area contributed by atoms with Crippen molar-refractivity contribution in [3.05, 3.63) is 29.8 Å². The Balaban J connectivity index is 2.41. The third-order valence-electron chi connectivity index (χ3n) is 3.06. The number of hydrogen-bond acceptors (Lipinski definition) is 3. The molecule has 21 heavy (non-hydrogen) atoms. The van der Waals surface area contributed by atoms with Crippen molar-refractivity contribution in [3.63, 3.8) is 0 Å². The maximum Gasteiger partial charge on any atom is 0.310 e. The molecule has 0 fully saturated rings. The summed E-state index contributed by atoms with van der Waals surface area (Å²) in [5, 5.41) is 11.7. The molecule has 0 spiro atoms. The summed E-state index contributed by atoms with van der Waals surface area (Å²) >= 11 is 0. The minimum Gasteiger partial charge on any atom is -0.481 e. The van der Waals surface area contributed by atoms with Gasteiger partial charge < -0.3 is 15.2 Å². The van der Waals surface area contributed by atoms with E-state index in [1.807, 2.05) is 13.8 Å². The second kappa shape index (κ2) is 8.42. The average Bonchev–Trinajstić information content (AvgIpc) is 2.43. The third-order valence-corrected chi connectivity index (χ3v) is 3.06. The quantitative estimate of drug-likeness (QED) is 0.722. The van der Waals surface area contributed by atoms with Crippen LogP contribution in [-0.2, 0) is 14.3 Å². The minimum absolute atomic E-state index is 0.0682. The van der Waals surface area contributed by atoms with Crippen LogP contribution in [0.4, 0.5) is 5.69 Å². The predicted octanol–water partition coefficient (Wildman–Crippen LogP) is 3.02. The molecule has 116 valence electrons. The number of nitrogens with one attached hydrogen (secondary N) is 1. The molecule has 0 aliphatic rings. The highest BCUT2D eigenvalue weighted by Gasteiger charge is 2.13. The van der Waals surface area contributed by atoms with Crippen molar-refractivity contribution in [3.8, 4) is 0 Å². The van der Waals surface area contributed by atoms with Gasteiger partial charge in [0.05, 0.1) is 12.0 Å². The van der Waals surface area contributed by atoms with E-state index >= 15 is 0 Å². The number of benzene rings is 1. The van der Waals surface area contributed by atoms with Crippen molar-refractivity contribution in [2.24, 2.45) is 0 Å². The summed E-state index contributed by atoms with van der Waals surface area (Å²) in [6, 6.07) is 6.88. The van der Waals surface area contributed by atoms with Crippen molar-refractivity contribution in [1.29, 1.82) is 0 Å². The molecule has 0 aliphatic heterocycles. The Kier molecular flexibility index (Phi) is 6.88. The standard InChI is InChI=1S/C16H23NO4/c1-11(2)21-10-4-5-15(18)17-14-8-6-13(7-9-14)12(3)16(19)20/h6-9,11-12H,4-5,10H2,1-3H3,(H,17,18)(H,19,20). The van der Waals surface area contributed by atoms with Gasteiger partial charge in [0, 0.05) is 18.7 Å². The molecule has 0 saturated carbocycles. The van der Waals surface area contributed by atoms with Crippen LogP contribution in [0.15, 0.2) is 24.3 Å². The number of carbonyl (C=O) groups is 2. The molecule has 1 amide bonds. The van der Waals surface area contributed by atoms with Gasteiger partial charge in [0.25, 0.3) is 0 Å². The first-order valence-electron chi connectivity index (χ1n) is 7.14. The van der Waals surface area contributed by atoms with Crippen LogP contribution < -0.4 is 5.32 Å². The normalized spacial score (nSPS) is 12.2. The fraction of sp³-hybridized carbons (Fsp3) is 0.500. The van der Waals surface area contributed by atoms with Crippen molar-refractivity contribution in [2.45, 2.75) is 45.6 Å². The van der Waals surface area contributed by atoms with E-state index in [-0.39, 0.29) is 12.0 Å². The lowest BCUT2D eigenvalue weighted by atomic mass is 10.0. The second-order valence-corrected chi connectivity index (χ2v) is 5.25. The summed E-state index contributed by atoms with van der Waals surface area (Å²) in [6.07, 6.45) is 1.26. The molecule has 0 saturated heterocycles. The molecular weight excluding hydrogens is 270 g/mol. The number of carbonyl (C=O) groups excluding carboxylic acids is 1. The maximum atomic E-state index is 11.7. The molecule has 1 aromatic carbocycles. The Morgan fingerprint density at radius 3 is 2.33 bits per heavy atom. The van der Waals surface area contributed by atoms with Gasteiger partial charge in [-0.2, -0.15) is 0 Å². The topological polar surface area (TPSA) is 75.6 Å². The van der Waals surface area contributed by atoms with Gasteiger partial charge >= 0.3 is 5.97 Å². The zero-order valence-electron chi connectivity index (χ0n) is 12.8. The molecule has 2 N–H and O–H groups in total. The van der Waals surface area contributed by atoms with Gasteiger partial charge in [0.1, 0.15) is 0 Å². The van der Waals surface area contributed by atoms with Crippen LogP contribution >= 0.6 is 0 Å². The second-order valence-electron chi connectivity index (χ2n) is 5.25. The summed E-state index contributed by atoms with van der Waals surface area (Å²) in [5.41, 5.74) is 1.39. The van der Waals surface area contributed by atoms with Crippen LogP contribution in [0.25, 0.3) is 0 Å². The van der Waals surface area contributed by atoms with Gasteiger partial charge in [-0.05, 0) is 44.9 Å². The van der Waals surface area contributed by atoms with Crippen LogP contribution in [0.3, 0.4) is 0 Å². The van der Waals surface area contributed by atoms with E-state index in [4.69, 9.17) is 9.84 Å². The Morgan fingerprint density at radius 2 is 1.81 bits per heavy atom. The zero-order valence-corrected chi connectivity index (χ0v) is 12.8. The number of anilines is 1. The smallest absolute Gasteiger partial charge is 0.310 e. The van der Waals surface area contributed by atoms with E-state index in [0.29, 0.717) is 30.7 Å². The first-order chi connectivity index (χ1) is 9.90. The molecular formula is C16H23NO4. The summed E-state index contributed by atoms with van der Waals surface area (Å²) in [6.45, 7) is 6.12. The summed E-state index contributed by atoms with van der Waals surface area (Å²) in [7, 11) is 0. The number of hydrogen-bond donors (Lipinski definition) is 2. The van der Waals surface area contributed by atoms with Crippen molar-refractivity contribution in [2.75, 3.05) is 11.9 Å². The molecule has 1 atom stereocenters. The Labute approximate surface area is 125 Å². The molecule has 0 bridgehead atoms. The minimum atomic E-state index is -0.864. The fourth-order valence-corrected chi connectivity index (χ4v) is 1.77. The van der Waals surface area contributed by atoms with E-state index in [1.54, 1.807) is 31.2 Å². The number of carboxylic acid groups (broad SMARTS) is 1. The lowest BCUT2D eigenvalue weighted by Gasteiger charge is -2.10.